The van der Waals surface area contributed by atoms with Crippen LogP contribution in [0.2, 0.25) is 15.1 Å². The van der Waals surface area contributed by atoms with Crippen LogP contribution in [0.25, 0.3) is 0 Å². The van der Waals surface area contributed by atoms with Gasteiger partial charge < -0.3 is 15.0 Å². The van der Waals surface area contributed by atoms with E-state index in [1.165, 1.54) is 12.1 Å². The summed E-state index contributed by atoms with van der Waals surface area (Å²) in [5, 5.41) is 4.01. The molecule has 0 saturated carbocycles. The Balaban J connectivity index is 1.80. The van der Waals surface area contributed by atoms with Gasteiger partial charge in [0.05, 0.1) is 15.1 Å². The highest BCUT2D eigenvalue weighted by atomic mass is 35.5. The average Bonchev–Trinajstić information content (AvgIpc) is 2.50. The number of ether oxygens (including phenoxy) is 1. The van der Waals surface area contributed by atoms with E-state index in [2.05, 4.69) is 17.1 Å². The van der Waals surface area contributed by atoms with Crippen LogP contribution < -0.4 is 10.1 Å². The van der Waals surface area contributed by atoms with Gasteiger partial charge in [0.2, 0.25) is 0 Å². The molecule has 0 bridgehead atoms. The number of rotatable bonds is 5. The van der Waals surface area contributed by atoms with E-state index < -0.39 is 0 Å². The van der Waals surface area contributed by atoms with E-state index in [-0.39, 0.29) is 18.6 Å². The first-order valence-corrected chi connectivity index (χ1v) is 8.42. The van der Waals surface area contributed by atoms with E-state index in [1.54, 1.807) is 0 Å². The van der Waals surface area contributed by atoms with Crippen molar-refractivity contribution >= 4 is 40.7 Å². The molecule has 1 aliphatic rings. The Kier molecular flexibility index (Phi) is 6.63. The SMILES string of the molecule is CCN1CCC(NC(=O)COc2cc(Cl)c(Cl)cc2Cl)CC1. The Morgan fingerprint density at radius 1 is 1.23 bits per heavy atom. The van der Waals surface area contributed by atoms with Crippen LogP contribution in [-0.2, 0) is 4.79 Å². The summed E-state index contributed by atoms with van der Waals surface area (Å²) in [7, 11) is 0. The first-order chi connectivity index (χ1) is 10.5. The summed E-state index contributed by atoms with van der Waals surface area (Å²) in [6.45, 7) is 5.14. The lowest BCUT2D eigenvalue weighted by atomic mass is 10.1. The monoisotopic (exact) mass is 364 g/mol. The topological polar surface area (TPSA) is 41.6 Å². The van der Waals surface area contributed by atoms with E-state index >= 15 is 0 Å². The molecule has 1 saturated heterocycles. The molecular weight excluding hydrogens is 347 g/mol. The third-order valence-electron chi connectivity index (χ3n) is 3.73. The molecule has 0 aliphatic carbocycles. The summed E-state index contributed by atoms with van der Waals surface area (Å²) in [4.78, 5) is 14.3. The van der Waals surface area contributed by atoms with E-state index in [9.17, 15) is 4.79 Å². The second-order valence-corrected chi connectivity index (χ2v) is 6.48. The second-order valence-electron chi connectivity index (χ2n) is 5.26. The third kappa shape index (κ3) is 4.92. The van der Waals surface area contributed by atoms with E-state index in [0.29, 0.717) is 20.8 Å². The number of piperidine rings is 1. The van der Waals surface area contributed by atoms with Crippen molar-refractivity contribution in [2.24, 2.45) is 0 Å². The van der Waals surface area contributed by atoms with E-state index in [0.717, 1.165) is 32.5 Å². The number of nitrogens with zero attached hydrogens (tertiary/aromatic N) is 1. The van der Waals surface area contributed by atoms with Crippen molar-refractivity contribution in [1.82, 2.24) is 10.2 Å². The Morgan fingerprint density at radius 2 is 1.86 bits per heavy atom. The lowest BCUT2D eigenvalue weighted by molar-refractivity contribution is -0.124. The van der Waals surface area contributed by atoms with Gasteiger partial charge in [0.1, 0.15) is 5.75 Å². The molecule has 1 fully saturated rings. The Hall–Kier alpha value is -0.680. The summed E-state index contributed by atoms with van der Waals surface area (Å²) < 4.78 is 5.42. The number of carbonyl (C=O) groups excluding carboxylic acids is 1. The van der Waals surface area contributed by atoms with Crippen molar-refractivity contribution in [2.75, 3.05) is 26.2 Å². The van der Waals surface area contributed by atoms with Crippen LogP contribution in [0.4, 0.5) is 0 Å². The van der Waals surface area contributed by atoms with Crippen molar-refractivity contribution in [3.63, 3.8) is 0 Å². The third-order valence-corrected chi connectivity index (χ3v) is 4.75. The van der Waals surface area contributed by atoms with Crippen LogP contribution in [-0.4, -0.2) is 43.1 Å². The minimum Gasteiger partial charge on any atom is -0.482 e. The maximum atomic E-state index is 11.9. The lowest BCUT2D eigenvalue weighted by Gasteiger charge is -2.31. The van der Waals surface area contributed by atoms with Gasteiger partial charge in [0, 0.05) is 25.2 Å². The number of halogens is 3. The number of likely N-dealkylation sites (tertiary alicyclic amines) is 1. The largest absolute Gasteiger partial charge is 0.482 e. The van der Waals surface area contributed by atoms with Crippen molar-refractivity contribution < 1.29 is 9.53 Å². The summed E-state index contributed by atoms with van der Waals surface area (Å²) in [6, 6.07) is 3.22. The van der Waals surface area contributed by atoms with Gasteiger partial charge in [-0.25, -0.2) is 0 Å². The van der Waals surface area contributed by atoms with Crippen LogP contribution in [0.1, 0.15) is 19.8 Å². The minimum absolute atomic E-state index is 0.0916. The molecule has 1 amide bonds. The Bertz CT molecular complexity index is 532. The predicted molar refractivity (Wildman–Crippen MR) is 90.2 cm³/mol. The molecule has 2 rings (SSSR count). The summed E-state index contributed by atoms with van der Waals surface area (Å²) in [5.41, 5.74) is 0. The van der Waals surface area contributed by atoms with Gasteiger partial charge in [-0.2, -0.15) is 0 Å². The smallest absolute Gasteiger partial charge is 0.258 e. The van der Waals surface area contributed by atoms with E-state index in [1.807, 2.05) is 0 Å². The molecule has 122 valence electrons. The molecule has 1 N–H and O–H groups in total. The molecule has 0 spiro atoms. The number of nitrogens with one attached hydrogen (secondary N) is 1. The highest BCUT2D eigenvalue weighted by Crippen LogP contribution is 2.33. The molecule has 1 heterocycles. The highest BCUT2D eigenvalue weighted by Gasteiger charge is 2.20. The molecule has 0 aromatic heterocycles. The normalized spacial score (nSPS) is 16.5. The molecule has 1 aromatic rings. The Morgan fingerprint density at radius 3 is 2.50 bits per heavy atom. The highest BCUT2D eigenvalue weighted by molar-refractivity contribution is 6.43. The molecule has 22 heavy (non-hydrogen) atoms. The standard InChI is InChI=1S/C15H19Cl3N2O2/c1-2-20-5-3-10(4-6-20)19-15(21)9-22-14-8-12(17)11(16)7-13(14)18/h7-8,10H,2-6,9H2,1H3,(H,19,21). The van der Waals surface area contributed by atoms with Gasteiger partial charge in [0.15, 0.2) is 6.61 Å². The first kappa shape index (κ1) is 17.7. The van der Waals surface area contributed by atoms with Gasteiger partial charge in [-0.15, -0.1) is 0 Å². The first-order valence-electron chi connectivity index (χ1n) is 7.28. The van der Waals surface area contributed by atoms with Crippen LogP contribution in [0, 0.1) is 0 Å². The molecule has 0 unspecified atom stereocenters. The number of hydrogen-bond acceptors (Lipinski definition) is 3. The summed E-state index contributed by atoms with van der Waals surface area (Å²) in [5.74, 6) is 0.198. The minimum atomic E-state index is -0.155. The zero-order valence-electron chi connectivity index (χ0n) is 12.4. The number of carbonyl (C=O) groups is 1. The Labute approximate surface area is 145 Å². The average molecular weight is 366 g/mol. The molecule has 1 aromatic carbocycles. The molecule has 0 radical (unpaired) electrons. The summed E-state index contributed by atoms with van der Waals surface area (Å²) in [6.07, 6.45) is 1.93. The van der Waals surface area contributed by atoms with Crippen molar-refractivity contribution in [1.29, 1.82) is 0 Å². The van der Waals surface area contributed by atoms with Crippen LogP contribution in [0.5, 0.6) is 5.75 Å². The van der Waals surface area contributed by atoms with Gasteiger partial charge >= 0.3 is 0 Å². The molecular formula is C15H19Cl3N2O2. The fourth-order valence-corrected chi connectivity index (χ4v) is 3.01. The second kappa shape index (κ2) is 8.25. The maximum absolute atomic E-state index is 11.9. The van der Waals surface area contributed by atoms with Crippen molar-refractivity contribution in [3.05, 3.63) is 27.2 Å². The van der Waals surface area contributed by atoms with Gasteiger partial charge in [-0.1, -0.05) is 41.7 Å². The zero-order valence-corrected chi connectivity index (χ0v) is 14.6. The van der Waals surface area contributed by atoms with E-state index in [4.69, 9.17) is 39.5 Å². The van der Waals surface area contributed by atoms with Crippen LogP contribution in [0.3, 0.4) is 0 Å². The number of amides is 1. The zero-order chi connectivity index (χ0) is 16.1. The van der Waals surface area contributed by atoms with Crippen molar-refractivity contribution in [3.8, 4) is 5.75 Å². The molecule has 0 atom stereocenters. The predicted octanol–water partition coefficient (Wildman–Crippen LogP) is 3.63. The quantitative estimate of drug-likeness (QED) is 0.810. The lowest BCUT2D eigenvalue weighted by Crippen LogP contribution is -2.45. The fraction of sp³-hybridized carbons (Fsp3) is 0.533. The molecule has 7 heteroatoms. The van der Waals surface area contributed by atoms with Crippen molar-refractivity contribution in [2.45, 2.75) is 25.8 Å². The number of hydrogen-bond donors (Lipinski definition) is 1. The van der Waals surface area contributed by atoms with Crippen LogP contribution >= 0.6 is 34.8 Å². The number of benzene rings is 1. The van der Waals surface area contributed by atoms with Crippen LogP contribution in [0.15, 0.2) is 12.1 Å². The molecule has 4 nitrogen and oxygen atoms in total. The fourth-order valence-electron chi connectivity index (χ4n) is 2.42. The van der Waals surface area contributed by atoms with Gasteiger partial charge in [0.25, 0.3) is 5.91 Å². The van der Waals surface area contributed by atoms with Gasteiger partial charge in [-0.3, -0.25) is 4.79 Å². The van der Waals surface area contributed by atoms with Gasteiger partial charge in [-0.05, 0) is 25.5 Å². The summed E-state index contributed by atoms with van der Waals surface area (Å²) >= 11 is 17.8. The maximum Gasteiger partial charge on any atom is 0.258 e. The molecule has 1 aliphatic heterocycles.